The number of carbonyl (C=O) groups excluding carboxylic acids is 2. The van der Waals surface area contributed by atoms with Crippen LogP contribution in [-0.4, -0.2) is 26.8 Å². The fourth-order valence-electron chi connectivity index (χ4n) is 2.26. The summed E-state index contributed by atoms with van der Waals surface area (Å²) in [6, 6.07) is 9.54. The third kappa shape index (κ3) is 5.97. The van der Waals surface area contributed by atoms with E-state index >= 15 is 0 Å². The minimum Gasteiger partial charge on any atom is -0.326 e. The van der Waals surface area contributed by atoms with Gasteiger partial charge in [-0.15, -0.1) is 6.58 Å². The van der Waals surface area contributed by atoms with E-state index in [2.05, 4.69) is 21.9 Å². The maximum atomic E-state index is 14.0. The Kier molecular flexibility index (Phi) is 7.24. The standard InChI is InChI=1S/C20H22FN3O4S/c1-4-10-22-29(27,28)18-11-14(8-9-17(18)21)20(26)24-16-7-5-6-15(12-16)23-19(25)13(2)3/h4-9,11-13,22H,1,10H2,2-3H3,(H,23,25)(H,24,26). The van der Waals surface area contributed by atoms with Gasteiger partial charge in [-0.25, -0.2) is 17.5 Å². The minimum atomic E-state index is -4.13. The Balaban J connectivity index is 2.23. The molecule has 0 fully saturated rings. The second-order valence-electron chi connectivity index (χ2n) is 6.46. The molecule has 0 radical (unpaired) electrons. The number of benzene rings is 2. The summed E-state index contributed by atoms with van der Waals surface area (Å²) in [6.07, 6.45) is 1.32. The largest absolute Gasteiger partial charge is 0.326 e. The van der Waals surface area contributed by atoms with Gasteiger partial charge < -0.3 is 10.6 Å². The predicted octanol–water partition coefficient (Wildman–Crippen LogP) is 3.14. The van der Waals surface area contributed by atoms with E-state index in [0.717, 1.165) is 12.1 Å². The molecule has 29 heavy (non-hydrogen) atoms. The van der Waals surface area contributed by atoms with E-state index in [-0.39, 0.29) is 23.9 Å². The number of sulfonamides is 1. The average molecular weight is 419 g/mol. The first-order valence-electron chi connectivity index (χ1n) is 8.76. The molecule has 0 saturated carbocycles. The van der Waals surface area contributed by atoms with Gasteiger partial charge in [0.05, 0.1) is 0 Å². The Morgan fingerprint density at radius 2 is 1.76 bits per heavy atom. The molecule has 7 nitrogen and oxygen atoms in total. The van der Waals surface area contributed by atoms with Gasteiger partial charge in [0.1, 0.15) is 10.7 Å². The first kappa shape index (κ1) is 22.3. The lowest BCUT2D eigenvalue weighted by Crippen LogP contribution is -2.25. The Morgan fingerprint density at radius 3 is 2.38 bits per heavy atom. The molecule has 0 saturated heterocycles. The van der Waals surface area contributed by atoms with Gasteiger partial charge >= 0.3 is 0 Å². The van der Waals surface area contributed by atoms with Crippen LogP contribution in [0.3, 0.4) is 0 Å². The lowest BCUT2D eigenvalue weighted by molar-refractivity contribution is -0.118. The van der Waals surface area contributed by atoms with Crippen molar-refractivity contribution in [3.05, 3.63) is 66.5 Å². The molecule has 2 aromatic carbocycles. The monoisotopic (exact) mass is 419 g/mol. The fraction of sp³-hybridized carbons (Fsp3) is 0.200. The molecule has 0 atom stereocenters. The van der Waals surface area contributed by atoms with E-state index in [1.807, 2.05) is 0 Å². The minimum absolute atomic E-state index is 0.0398. The summed E-state index contributed by atoms with van der Waals surface area (Å²) in [5.74, 6) is -1.98. The van der Waals surface area contributed by atoms with Crippen LogP contribution in [0.2, 0.25) is 0 Å². The number of anilines is 2. The Bertz CT molecular complexity index is 1040. The van der Waals surface area contributed by atoms with Gasteiger partial charge in [-0.2, -0.15) is 0 Å². The molecule has 154 valence electrons. The van der Waals surface area contributed by atoms with Crippen LogP contribution in [0.1, 0.15) is 24.2 Å². The van der Waals surface area contributed by atoms with E-state index in [4.69, 9.17) is 0 Å². The molecule has 2 aromatic rings. The van der Waals surface area contributed by atoms with E-state index in [1.165, 1.54) is 12.1 Å². The normalized spacial score (nSPS) is 11.2. The number of hydrogen-bond donors (Lipinski definition) is 3. The molecule has 3 N–H and O–H groups in total. The molecule has 0 spiro atoms. The summed E-state index contributed by atoms with van der Waals surface area (Å²) in [6.45, 7) is 6.83. The Morgan fingerprint density at radius 1 is 1.10 bits per heavy atom. The molecule has 0 bridgehead atoms. The summed E-state index contributed by atoms with van der Waals surface area (Å²) in [7, 11) is -4.13. The van der Waals surface area contributed by atoms with Crippen molar-refractivity contribution in [2.24, 2.45) is 5.92 Å². The summed E-state index contributed by atoms with van der Waals surface area (Å²) in [5.41, 5.74) is 0.842. The second-order valence-corrected chi connectivity index (χ2v) is 8.20. The fourth-order valence-corrected chi connectivity index (χ4v) is 3.36. The van der Waals surface area contributed by atoms with Crippen molar-refractivity contribution in [2.75, 3.05) is 17.2 Å². The highest BCUT2D eigenvalue weighted by Crippen LogP contribution is 2.20. The number of carbonyl (C=O) groups is 2. The van der Waals surface area contributed by atoms with Crippen LogP contribution in [-0.2, 0) is 14.8 Å². The van der Waals surface area contributed by atoms with Crippen molar-refractivity contribution in [1.29, 1.82) is 0 Å². The van der Waals surface area contributed by atoms with Gasteiger partial charge in [0.25, 0.3) is 5.91 Å². The van der Waals surface area contributed by atoms with Crippen molar-refractivity contribution >= 4 is 33.2 Å². The third-order valence-electron chi connectivity index (χ3n) is 3.81. The number of amides is 2. The maximum Gasteiger partial charge on any atom is 0.255 e. The van der Waals surface area contributed by atoms with Gasteiger partial charge in [-0.1, -0.05) is 26.0 Å². The van der Waals surface area contributed by atoms with Gasteiger partial charge in [0, 0.05) is 29.4 Å². The molecular weight excluding hydrogens is 397 g/mol. The van der Waals surface area contributed by atoms with Crippen LogP contribution in [0, 0.1) is 11.7 Å². The molecule has 0 heterocycles. The lowest BCUT2D eigenvalue weighted by Gasteiger charge is -2.11. The Labute approximate surface area is 169 Å². The highest BCUT2D eigenvalue weighted by atomic mass is 32.2. The quantitative estimate of drug-likeness (QED) is 0.572. The zero-order valence-electron chi connectivity index (χ0n) is 16.0. The van der Waals surface area contributed by atoms with Crippen molar-refractivity contribution in [3.8, 4) is 0 Å². The van der Waals surface area contributed by atoms with Crippen LogP contribution < -0.4 is 15.4 Å². The van der Waals surface area contributed by atoms with Crippen LogP contribution in [0.4, 0.5) is 15.8 Å². The summed E-state index contributed by atoms with van der Waals surface area (Å²) < 4.78 is 40.5. The van der Waals surface area contributed by atoms with Gasteiger partial charge in [-0.05, 0) is 36.4 Å². The zero-order valence-corrected chi connectivity index (χ0v) is 16.8. The first-order chi connectivity index (χ1) is 13.6. The van der Waals surface area contributed by atoms with Crippen LogP contribution in [0.25, 0.3) is 0 Å². The summed E-state index contributed by atoms with van der Waals surface area (Å²) in [4.78, 5) is 23.7. The van der Waals surface area contributed by atoms with Gasteiger partial charge in [-0.3, -0.25) is 9.59 Å². The van der Waals surface area contributed by atoms with E-state index in [1.54, 1.807) is 38.1 Å². The topological polar surface area (TPSA) is 104 Å². The van der Waals surface area contributed by atoms with Crippen molar-refractivity contribution in [3.63, 3.8) is 0 Å². The smallest absolute Gasteiger partial charge is 0.255 e. The highest BCUT2D eigenvalue weighted by Gasteiger charge is 2.20. The molecule has 0 aliphatic heterocycles. The number of hydrogen-bond acceptors (Lipinski definition) is 4. The summed E-state index contributed by atoms with van der Waals surface area (Å²) in [5, 5.41) is 5.31. The molecule has 0 aliphatic rings. The van der Waals surface area contributed by atoms with Crippen molar-refractivity contribution < 1.29 is 22.4 Å². The van der Waals surface area contributed by atoms with E-state index in [9.17, 15) is 22.4 Å². The van der Waals surface area contributed by atoms with Gasteiger partial charge in [0.2, 0.25) is 15.9 Å². The van der Waals surface area contributed by atoms with Crippen molar-refractivity contribution in [1.82, 2.24) is 4.72 Å². The molecule has 0 aliphatic carbocycles. The second kappa shape index (κ2) is 9.44. The average Bonchev–Trinajstić information content (AvgIpc) is 2.66. The molecule has 0 aromatic heterocycles. The lowest BCUT2D eigenvalue weighted by atomic mass is 10.2. The molecule has 2 rings (SSSR count). The predicted molar refractivity (Wildman–Crippen MR) is 110 cm³/mol. The van der Waals surface area contributed by atoms with Crippen LogP contribution in [0.5, 0.6) is 0 Å². The van der Waals surface area contributed by atoms with E-state index in [0.29, 0.717) is 11.4 Å². The van der Waals surface area contributed by atoms with Crippen LogP contribution >= 0.6 is 0 Å². The number of halogens is 1. The molecule has 9 heteroatoms. The maximum absolute atomic E-state index is 14.0. The first-order valence-corrected chi connectivity index (χ1v) is 10.2. The van der Waals surface area contributed by atoms with E-state index < -0.39 is 26.6 Å². The van der Waals surface area contributed by atoms with Crippen LogP contribution in [0.15, 0.2) is 60.0 Å². The highest BCUT2D eigenvalue weighted by molar-refractivity contribution is 7.89. The van der Waals surface area contributed by atoms with Crippen molar-refractivity contribution in [2.45, 2.75) is 18.7 Å². The number of rotatable bonds is 8. The third-order valence-corrected chi connectivity index (χ3v) is 5.25. The van der Waals surface area contributed by atoms with Gasteiger partial charge in [0.15, 0.2) is 0 Å². The number of nitrogens with one attached hydrogen (secondary N) is 3. The molecular formula is C20H22FN3O4S. The molecule has 2 amide bonds. The SMILES string of the molecule is C=CCNS(=O)(=O)c1cc(C(=O)Nc2cccc(NC(=O)C(C)C)c2)ccc1F. The Hall–Kier alpha value is -3.04. The zero-order chi connectivity index (χ0) is 21.6. The summed E-state index contributed by atoms with van der Waals surface area (Å²) >= 11 is 0. The molecule has 0 unspecified atom stereocenters.